The van der Waals surface area contributed by atoms with Crippen LogP contribution in [0.5, 0.6) is 5.75 Å². The molecule has 1 amide bonds. The number of carbonyl (C=O) groups excluding carboxylic acids is 6. The van der Waals surface area contributed by atoms with Gasteiger partial charge < -0.3 is 25.6 Å². The Hall–Kier alpha value is -3.60. The fraction of sp³-hybridized carbons (Fsp3) is 0.478. The van der Waals surface area contributed by atoms with Crippen LogP contribution in [0.3, 0.4) is 0 Å². The lowest BCUT2D eigenvalue weighted by Crippen LogP contribution is -2.68. The Morgan fingerprint density at radius 3 is 2.35 bits per heavy atom. The molecule has 180 valence electrons. The molecule has 2 unspecified atom stereocenters. The Labute approximate surface area is 193 Å². The van der Waals surface area contributed by atoms with Crippen LogP contribution in [0.4, 0.5) is 5.69 Å². The number of carbonyl (C=O) groups is 6. The number of methoxy groups -OCH3 is 1. The Morgan fingerprint density at radius 1 is 1.15 bits per heavy atom. The number of fused-ring (bicyclic) bond motifs is 3. The zero-order valence-electron chi connectivity index (χ0n) is 18.8. The van der Waals surface area contributed by atoms with Crippen molar-refractivity contribution in [1.82, 2.24) is 0 Å². The summed E-state index contributed by atoms with van der Waals surface area (Å²) in [6.45, 7) is 0. The van der Waals surface area contributed by atoms with Gasteiger partial charge in [0.1, 0.15) is 11.3 Å². The number of anilines is 1. The minimum atomic E-state index is -2.72. The molecular weight excluding hydrogens is 448 g/mol. The Kier molecular flexibility index (Phi) is 5.35. The van der Waals surface area contributed by atoms with E-state index in [1.54, 1.807) is 19.0 Å². The first-order chi connectivity index (χ1) is 15.9. The first kappa shape index (κ1) is 23.6. The lowest BCUT2D eigenvalue weighted by Gasteiger charge is -2.48. The maximum absolute atomic E-state index is 13.6. The highest BCUT2D eigenvalue weighted by Crippen LogP contribution is 2.51. The number of ether oxygens (including phenoxy) is 1. The highest BCUT2D eigenvalue weighted by atomic mass is 16.5. The van der Waals surface area contributed by atoms with Gasteiger partial charge in [-0.2, -0.15) is 0 Å². The van der Waals surface area contributed by atoms with Crippen molar-refractivity contribution in [3.05, 3.63) is 22.8 Å². The summed E-state index contributed by atoms with van der Waals surface area (Å²) in [6.07, 6.45) is -0.291. The summed E-state index contributed by atoms with van der Waals surface area (Å²) in [5.41, 5.74) is 2.78. The van der Waals surface area contributed by atoms with E-state index in [0.29, 0.717) is 11.3 Å². The maximum Gasteiger partial charge on any atom is 0.341 e. The van der Waals surface area contributed by atoms with Gasteiger partial charge in [0.2, 0.25) is 5.91 Å². The number of nitrogens with two attached hydrogens (primary N) is 1. The first-order valence-electron chi connectivity index (χ1n) is 10.7. The maximum atomic E-state index is 13.6. The van der Waals surface area contributed by atoms with E-state index in [0.717, 1.165) is 7.11 Å². The van der Waals surface area contributed by atoms with E-state index in [1.807, 2.05) is 0 Å². The van der Waals surface area contributed by atoms with Crippen molar-refractivity contribution in [1.29, 1.82) is 0 Å². The minimum absolute atomic E-state index is 0.00652. The third-order valence-corrected chi connectivity index (χ3v) is 7.27. The second-order valence-corrected chi connectivity index (χ2v) is 9.27. The summed E-state index contributed by atoms with van der Waals surface area (Å²) in [5.74, 6) is -12.1. The van der Waals surface area contributed by atoms with Crippen molar-refractivity contribution < 1.29 is 43.7 Å². The molecule has 0 radical (unpaired) electrons. The van der Waals surface area contributed by atoms with Crippen LogP contribution in [0.1, 0.15) is 39.1 Å². The fourth-order valence-electron chi connectivity index (χ4n) is 5.68. The second-order valence-electron chi connectivity index (χ2n) is 9.27. The van der Waals surface area contributed by atoms with E-state index in [-0.39, 0.29) is 24.0 Å². The molecule has 0 saturated heterocycles. The standard InChI is InChI=1S/C23H24N2O9/c1-25(2)12-7-11(22(32)34-3)17(27)15-10(12)5-8-4-9-6-13(26)16(21(24)31)20(30)23(9,33)19(29)14(8)18(15)28/h7-9,14,16,27,33H,4-6H2,1-3H3,(H2,24,31)/t8-,9+,14?,16?,23+/m1/s1. The van der Waals surface area contributed by atoms with Crippen LogP contribution in [-0.2, 0) is 30.3 Å². The SMILES string of the molecule is COC(=O)c1cc(N(C)C)c2c(c1O)C(=O)C1C(=O)[C@]3(O)C(=O)C(C(N)=O)C(=O)C[C@@H]3C[C@@H]1C2. The van der Waals surface area contributed by atoms with Crippen molar-refractivity contribution >= 4 is 40.7 Å². The van der Waals surface area contributed by atoms with Gasteiger partial charge in [-0.15, -0.1) is 0 Å². The second kappa shape index (κ2) is 7.73. The van der Waals surface area contributed by atoms with Gasteiger partial charge in [-0.25, -0.2) is 4.79 Å². The number of nitrogens with zero attached hydrogens (tertiary/aromatic N) is 1. The quantitative estimate of drug-likeness (QED) is 0.371. The number of Topliss-reactive ketones (excluding diaryl/α,β-unsaturated/α-hetero) is 4. The van der Waals surface area contributed by atoms with E-state index in [1.165, 1.54) is 6.07 Å². The van der Waals surface area contributed by atoms with Gasteiger partial charge in [0.15, 0.2) is 34.7 Å². The van der Waals surface area contributed by atoms with E-state index in [9.17, 15) is 39.0 Å². The van der Waals surface area contributed by atoms with Gasteiger partial charge in [0, 0.05) is 32.1 Å². The van der Waals surface area contributed by atoms with Crippen molar-refractivity contribution in [2.45, 2.75) is 24.9 Å². The van der Waals surface area contributed by atoms with Crippen LogP contribution in [0, 0.1) is 23.7 Å². The molecule has 3 aliphatic rings. The summed E-state index contributed by atoms with van der Waals surface area (Å²) >= 11 is 0. The molecule has 0 bridgehead atoms. The Bertz CT molecular complexity index is 1190. The van der Waals surface area contributed by atoms with Gasteiger partial charge in [-0.1, -0.05) is 0 Å². The number of hydrogen-bond donors (Lipinski definition) is 3. The molecule has 5 atom stereocenters. The molecule has 0 heterocycles. The Morgan fingerprint density at radius 2 is 1.79 bits per heavy atom. The largest absolute Gasteiger partial charge is 0.506 e. The molecule has 0 spiro atoms. The van der Waals surface area contributed by atoms with Gasteiger partial charge in [0.25, 0.3) is 0 Å². The number of primary amides is 1. The van der Waals surface area contributed by atoms with E-state index >= 15 is 0 Å². The molecule has 4 rings (SSSR count). The minimum Gasteiger partial charge on any atom is -0.506 e. The zero-order chi connectivity index (χ0) is 25.3. The number of amides is 1. The number of phenolic OH excluding ortho intramolecular Hbond substituents is 1. The number of esters is 1. The number of ketones is 4. The lowest BCUT2D eigenvalue weighted by molar-refractivity contribution is -0.175. The topological polar surface area (TPSA) is 181 Å². The van der Waals surface area contributed by atoms with E-state index < -0.39 is 76.5 Å². The first-order valence-corrected chi connectivity index (χ1v) is 10.7. The molecule has 11 nitrogen and oxygen atoms in total. The number of hydrogen-bond acceptors (Lipinski definition) is 10. The molecule has 34 heavy (non-hydrogen) atoms. The van der Waals surface area contributed by atoms with Crippen LogP contribution in [0.25, 0.3) is 0 Å². The molecule has 2 fully saturated rings. The van der Waals surface area contributed by atoms with Crippen LogP contribution in [0.2, 0.25) is 0 Å². The van der Waals surface area contributed by atoms with Gasteiger partial charge >= 0.3 is 5.97 Å². The number of rotatable bonds is 3. The average molecular weight is 472 g/mol. The van der Waals surface area contributed by atoms with Gasteiger partial charge in [0.05, 0.1) is 18.6 Å². The molecule has 1 aromatic carbocycles. The third-order valence-electron chi connectivity index (χ3n) is 7.27. The monoisotopic (exact) mass is 472 g/mol. The molecule has 4 N–H and O–H groups in total. The molecule has 1 aromatic rings. The van der Waals surface area contributed by atoms with E-state index in [2.05, 4.69) is 0 Å². The number of aromatic hydroxyl groups is 1. The van der Waals surface area contributed by atoms with Crippen molar-refractivity contribution in [2.75, 3.05) is 26.1 Å². The number of aliphatic hydroxyl groups is 1. The zero-order valence-corrected chi connectivity index (χ0v) is 18.8. The van der Waals surface area contributed by atoms with Gasteiger partial charge in [-0.05, 0) is 30.4 Å². The van der Waals surface area contributed by atoms with Crippen molar-refractivity contribution in [3.8, 4) is 5.75 Å². The fourth-order valence-corrected chi connectivity index (χ4v) is 5.68. The van der Waals surface area contributed by atoms with Crippen LogP contribution >= 0.6 is 0 Å². The third kappa shape index (κ3) is 2.99. The molecule has 0 aromatic heterocycles. The molecule has 2 saturated carbocycles. The predicted octanol–water partition coefficient (Wildman–Crippen LogP) is -0.820. The molecule has 11 heteroatoms. The Balaban J connectivity index is 1.87. The molecule has 0 aliphatic heterocycles. The summed E-state index contributed by atoms with van der Waals surface area (Å²) in [5, 5.41) is 22.0. The summed E-state index contributed by atoms with van der Waals surface area (Å²) in [6, 6.07) is 1.39. The van der Waals surface area contributed by atoms with Crippen LogP contribution < -0.4 is 10.6 Å². The molecule has 3 aliphatic carbocycles. The summed E-state index contributed by atoms with van der Waals surface area (Å²) in [4.78, 5) is 78.0. The van der Waals surface area contributed by atoms with Crippen molar-refractivity contribution in [3.63, 3.8) is 0 Å². The van der Waals surface area contributed by atoms with Crippen LogP contribution in [0.15, 0.2) is 6.07 Å². The van der Waals surface area contributed by atoms with Crippen LogP contribution in [-0.4, -0.2) is 72.0 Å². The van der Waals surface area contributed by atoms with Gasteiger partial charge in [-0.3, -0.25) is 24.0 Å². The number of phenols is 1. The average Bonchev–Trinajstić information content (AvgIpc) is 2.75. The summed E-state index contributed by atoms with van der Waals surface area (Å²) in [7, 11) is 4.47. The highest BCUT2D eigenvalue weighted by Gasteiger charge is 2.66. The lowest BCUT2D eigenvalue weighted by atomic mass is 9.53. The summed E-state index contributed by atoms with van der Waals surface area (Å²) < 4.78 is 4.69. The smallest absolute Gasteiger partial charge is 0.341 e. The number of benzene rings is 1. The molecular formula is C23H24N2O9. The van der Waals surface area contributed by atoms with E-state index in [4.69, 9.17) is 10.5 Å². The highest BCUT2D eigenvalue weighted by molar-refractivity contribution is 6.31. The normalized spacial score (nSPS) is 30.2. The van der Waals surface area contributed by atoms with Crippen molar-refractivity contribution in [2.24, 2.45) is 29.4 Å². The predicted molar refractivity (Wildman–Crippen MR) is 114 cm³/mol.